The van der Waals surface area contributed by atoms with Gasteiger partial charge in [-0.3, -0.25) is 9.69 Å². The maximum atomic E-state index is 13.0. The van der Waals surface area contributed by atoms with Crippen LogP contribution in [0.1, 0.15) is 6.42 Å². The lowest BCUT2D eigenvalue weighted by Crippen LogP contribution is -2.57. The molecular weight excluding hydrogens is 263 g/mol. The Morgan fingerprint density at radius 3 is 2.58 bits per heavy atom. The van der Waals surface area contributed by atoms with Crippen LogP contribution in [0, 0.1) is 0 Å². The van der Waals surface area contributed by atoms with Crippen LogP contribution in [-0.2, 0) is 9.53 Å². The number of halogens is 3. The van der Waals surface area contributed by atoms with E-state index in [9.17, 15) is 18.0 Å². The van der Waals surface area contributed by atoms with Crippen LogP contribution >= 0.6 is 0 Å². The van der Waals surface area contributed by atoms with Crippen molar-refractivity contribution in [3.8, 4) is 0 Å². The summed E-state index contributed by atoms with van der Waals surface area (Å²) in [5.41, 5.74) is 0. The second-order valence-electron chi connectivity index (χ2n) is 4.39. The van der Waals surface area contributed by atoms with E-state index in [-0.39, 0.29) is 13.0 Å². The Kier molecular flexibility index (Phi) is 6.53. The number of carbonyl (C=O) groups excluding carboxylic acids is 1. The molecular formula is C11H20F3N3O2. The molecule has 0 bridgehead atoms. The first-order valence-electron chi connectivity index (χ1n) is 6.22. The van der Waals surface area contributed by atoms with Crippen molar-refractivity contribution in [2.45, 2.75) is 18.6 Å². The molecule has 1 fully saturated rings. The van der Waals surface area contributed by atoms with Crippen molar-refractivity contribution in [3.63, 3.8) is 0 Å². The fraction of sp³-hybridized carbons (Fsp3) is 0.909. The fourth-order valence-corrected chi connectivity index (χ4v) is 1.94. The lowest BCUT2D eigenvalue weighted by Gasteiger charge is -2.35. The summed E-state index contributed by atoms with van der Waals surface area (Å²) in [6, 6.07) is -1.62. The molecule has 1 amide bonds. The lowest BCUT2D eigenvalue weighted by atomic mass is 10.2. The Labute approximate surface area is 110 Å². The van der Waals surface area contributed by atoms with Gasteiger partial charge in [0.1, 0.15) is 6.04 Å². The van der Waals surface area contributed by atoms with Gasteiger partial charge in [-0.25, -0.2) is 0 Å². The monoisotopic (exact) mass is 283 g/mol. The third-order valence-corrected chi connectivity index (χ3v) is 3.00. The standard InChI is InChI=1S/C11H20F3N3O2/c1-19-7-2-10(18)16-8-9(11(12,13)14)17-5-3-15-4-6-17/h9,15H,2-8H2,1H3,(H,16,18). The Morgan fingerprint density at radius 1 is 1.42 bits per heavy atom. The SMILES string of the molecule is COCCC(=O)NCC(N1CCNCC1)C(F)(F)F. The van der Waals surface area contributed by atoms with Crippen molar-refractivity contribution in [1.29, 1.82) is 0 Å². The molecule has 0 aromatic carbocycles. The van der Waals surface area contributed by atoms with E-state index in [2.05, 4.69) is 10.6 Å². The summed E-state index contributed by atoms with van der Waals surface area (Å²) in [6.07, 6.45) is -4.27. The number of methoxy groups -OCH3 is 1. The van der Waals surface area contributed by atoms with E-state index in [1.165, 1.54) is 12.0 Å². The minimum atomic E-state index is -4.34. The van der Waals surface area contributed by atoms with Crippen LogP contribution in [0.15, 0.2) is 0 Å². The van der Waals surface area contributed by atoms with Gasteiger partial charge in [0.2, 0.25) is 5.91 Å². The van der Waals surface area contributed by atoms with Gasteiger partial charge in [0, 0.05) is 46.3 Å². The number of amides is 1. The Hall–Kier alpha value is -0.860. The van der Waals surface area contributed by atoms with Crippen molar-refractivity contribution in [3.05, 3.63) is 0 Å². The van der Waals surface area contributed by atoms with Gasteiger partial charge < -0.3 is 15.4 Å². The zero-order chi connectivity index (χ0) is 14.3. The largest absolute Gasteiger partial charge is 0.405 e. The summed E-state index contributed by atoms with van der Waals surface area (Å²) in [6.45, 7) is 1.52. The van der Waals surface area contributed by atoms with Gasteiger partial charge in [0.05, 0.1) is 6.61 Å². The predicted molar refractivity (Wildman–Crippen MR) is 63.8 cm³/mol. The number of piperazine rings is 1. The normalized spacial score (nSPS) is 19.2. The van der Waals surface area contributed by atoms with E-state index in [1.807, 2.05) is 0 Å². The minimum Gasteiger partial charge on any atom is -0.384 e. The minimum absolute atomic E-state index is 0.0721. The smallest absolute Gasteiger partial charge is 0.384 e. The third-order valence-electron chi connectivity index (χ3n) is 3.00. The molecule has 19 heavy (non-hydrogen) atoms. The molecule has 2 N–H and O–H groups in total. The molecule has 1 saturated heterocycles. The molecule has 1 heterocycles. The molecule has 1 atom stereocenters. The molecule has 0 aliphatic carbocycles. The number of nitrogens with one attached hydrogen (secondary N) is 2. The van der Waals surface area contributed by atoms with Crippen LogP contribution in [0.5, 0.6) is 0 Å². The summed E-state index contributed by atoms with van der Waals surface area (Å²) in [7, 11) is 1.44. The highest BCUT2D eigenvalue weighted by Gasteiger charge is 2.43. The highest BCUT2D eigenvalue weighted by atomic mass is 19.4. The molecule has 0 spiro atoms. The molecule has 0 saturated carbocycles. The van der Waals surface area contributed by atoms with Gasteiger partial charge in [0.15, 0.2) is 0 Å². The number of nitrogens with zero attached hydrogens (tertiary/aromatic N) is 1. The van der Waals surface area contributed by atoms with Crippen LogP contribution in [0.4, 0.5) is 13.2 Å². The van der Waals surface area contributed by atoms with Crippen LogP contribution in [-0.4, -0.2) is 69.5 Å². The molecule has 0 radical (unpaired) electrons. The average molecular weight is 283 g/mol. The molecule has 112 valence electrons. The first-order valence-corrected chi connectivity index (χ1v) is 6.22. The zero-order valence-electron chi connectivity index (χ0n) is 10.9. The van der Waals surface area contributed by atoms with Crippen LogP contribution < -0.4 is 10.6 Å². The zero-order valence-corrected chi connectivity index (χ0v) is 10.9. The third kappa shape index (κ3) is 5.75. The molecule has 0 aromatic rings. The fourth-order valence-electron chi connectivity index (χ4n) is 1.94. The van der Waals surface area contributed by atoms with Crippen molar-refractivity contribution < 1.29 is 22.7 Å². The predicted octanol–water partition coefficient (Wildman–Crippen LogP) is -0.0248. The average Bonchev–Trinajstić information content (AvgIpc) is 2.36. The van der Waals surface area contributed by atoms with E-state index in [4.69, 9.17) is 4.74 Å². The number of ether oxygens (including phenoxy) is 1. The van der Waals surface area contributed by atoms with Gasteiger partial charge >= 0.3 is 6.18 Å². The second kappa shape index (κ2) is 7.66. The number of rotatable bonds is 6. The maximum Gasteiger partial charge on any atom is 0.405 e. The number of carbonyl (C=O) groups is 1. The van der Waals surface area contributed by atoms with Gasteiger partial charge in [-0.1, -0.05) is 0 Å². The molecule has 5 nitrogen and oxygen atoms in total. The number of hydrogen-bond donors (Lipinski definition) is 2. The van der Waals surface area contributed by atoms with Crippen molar-refractivity contribution >= 4 is 5.91 Å². The van der Waals surface area contributed by atoms with E-state index in [0.717, 1.165) is 0 Å². The highest BCUT2D eigenvalue weighted by Crippen LogP contribution is 2.24. The molecule has 1 aliphatic heterocycles. The topological polar surface area (TPSA) is 53.6 Å². The lowest BCUT2D eigenvalue weighted by molar-refractivity contribution is -0.184. The van der Waals surface area contributed by atoms with Crippen LogP contribution in [0.3, 0.4) is 0 Å². The van der Waals surface area contributed by atoms with Crippen LogP contribution in [0.25, 0.3) is 0 Å². The van der Waals surface area contributed by atoms with E-state index in [1.54, 1.807) is 0 Å². The first kappa shape index (κ1) is 16.2. The highest BCUT2D eigenvalue weighted by molar-refractivity contribution is 5.75. The summed E-state index contributed by atoms with van der Waals surface area (Å²) < 4.78 is 43.6. The first-order chi connectivity index (χ1) is 8.95. The van der Waals surface area contributed by atoms with Gasteiger partial charge in [-0.2, -0.15) is 13.2 Å². The van der Waals surface area contributed by atoms with Gasteiger partial charge in [0.25, 0.3) is 0 Å². The molecule has 1 aliphatic rings. The maximum absolute atomic E-state index is 13.0. The second-order valence-corrected chi connectivity index (χ2v) is 4.39. The van der Waals surface area contributed by atoms with Crippen LogP contribution in [0.2, 0.25) is 0 Å². The van der Waals surface area contributed by atoms with Gasteiger partial charge in [-0.05, 0) is 0 Å². The van der Waals surface area contributed by atoms with Crippen molar-refractivity contribution in [1.82, 2.24) is 15.5 Å². The van der Waals surface area contributed by atoms with E-state index < -0.39 is 24.7 Å². The molecule has 1 unspecified atom stereocenters. The van der Waals surface area contributed by atoms with Gasteiger partial charge in [-0.15, -0.1) is 0 Å². The number of alkyl halides is 3. The summed E-state index contributed by atoms with van der Waals surface area (Å²) in [5, 5.41) is 5.32. The summed E-state index contributed by atoms with van der Waals surface area (Å²) >= 11 is 0. The van der Waals surface area contributed by atoms with Crippen molar-refractivity contribution in [2.24, 2.45) is 0 Å². The quantitative estimate of drug-likeness (QED) is 0.719. The summed E-state index contributed by atoms with van der Waals surface area (Å²) in [5.74, 6) is -0.425. The number of hydrogen-bond acceptors (Lipinski definition) is 4. The van der Waals surface area contributed by atoms with E-state index >= 15 is 0 Å². The Morgan fingerprint density at radius 2 is 2.05 bits per heavy atom. The Bertz CT molecular complexity index is 281. The Balaban J connectivity index is 2.48. The van der Waals surface area contributed by atoms with Crippen molar-refractivity contribution in [2.75, 3.05) is 46.4 Å². The van der Waals surface area contributed by atoms with E-state index in [0.29, 0.717) is 26.2 Å². The molecule has 0 aromatic heterocycles. The summed E-state index contributed by atoms with van der Waals surface area (Å²) in [4.78, 5) is 12.7. The molecule has 1 rings (SSSR count). The molecule has 8 heteroatoms.